The first-order valence-corrected chi connectivity index (χ1v) is 6.97. The molecule has 0 amide bonds. The van der Waals surface area contributed by atoms with E-state index in [1.54, 1.807) is 0 Å². The van der Waals surface area contributed by atoms with Crippen LogP contribution in [0.15, 0.2) is 30.3 Å². The van der Waals surface area contributed by atoms with Gasteiger partial charge >= 0.3 is 0 Å². The van der Waals surface area contributed by atoms with Gasteiger partial charge in [-0.25, -0.2) is 0 Å². The lowest BCUT2D eigenvalue weighted by Crippen LogP contribution is -2.66. The van der Waals surface area contributed by atoms with Gasteiger partial charge in [-0.3, -0.25) is 4.90 Å². The molecule has 2 saturated heterocycles. The van der Waals surface area contributed by atoms with Crippen LogP contribution in [0, 0.1) is 5.41 Å². The Hall–Kier alpha value is -0.860. The van der Waals surface area contributed by atoms with Crippen LogP contribution in [0.3, 0.4) is 0 Å². The predicted molar refractivity (Wildman–Crippen MR) is 73.5 cm³/mol. The van der Waals surface area contributed by atoms with Crippen LogP contribution >= 0.6 is 0 Å². The average molecular weight is 245 g/mol. The number of hydrogen-bond acceptors (Lipinski definition) is 2. The van der Waals surface area contributed by atoms with Crippen molar-refractivity contribution in [3.8, 4) is 0 Å². The Bertz CT molecular complexity index is 409. The molecule has 3 rings (SSSR count). The van der Waals surface area contributed by atoms with Gasteiger partial charge in [0.05, 0.1) is 19.3 Å². The molecule has 1 aromatic rings. The van der Waals surface area contributed by atoms with E-state index in [0.717, 1.165) is 13.2 Å². The molecule has 0 bridgehead atoms. The van der Waals surface area contributed by atoms with Gasteiger partial charge in [0.2, 0.25) is 0 Å². The average Bonchev–Trinajstić information content (AvgIpc) is 2.29. The lowest BCUT2D eigenvalue weighted by Gasteiger charge is -2.59. The molecule has 2 heteroatoms. The normalized spacial score (nSPS) is 32.7. The highest BCUT2D eigenvalue weighted by Gasteiger charge is 2.49. The van der Waals surface area contributed by atoms with Crippen molar-refractivity contribution in [1.82, 2.24) is 4.90 Å². The monoisotopic (exact) mass is 245 g/mol. The van der Waals surface area contributed by atoms with E-state index in [9.17, 15) is 0 Å². The fraction of sp³-hybridized carbons (Fsp3) is 0.625. The van der Waals surface area contributed by atoms with Gasteiger partial charge in [-0.1, -0.05) is 51.1 Å². The number of rotatable bonds is 1. The van der Waals surface area contributed by atoms with Crippen molar-refractivity contribution in [3.63, 3.8) is 0 Å². The van der Waals surface area contributed by atoms with Crippen molar-refractivity contribution in [2.24, 2.45) is 5.41 Å². The molecule has 0 unspecified atom stereocenters. The van der Waals surface area contributed by atoms with Crippen LogP contribution in [0.2, 0.25) is 0 Å². The zero-order valence-corrected chi connectivity index (χ0v) is 11.6. The van der Waals surface area contributed by atoms with Gasteiger partial charge < -0.3 is 4.74 Å². The van der Waals surface area contributed by atoms with E-state index in [4.69, 9.17) is 4.74 Å². The molecule has 2 fully saturated rings. The standard InChI is InChI=1S/C16H23NO/c1-16(2,3)15-9-13-10-18-11-14(17(13)15)12-7-5-4-6-8-12/h4-8,13-15H,9-11H2,1-3H3/t13-,14-,15+/m0/s1. The minimum Gasteiger partial charge on any atom is -0.378 e. The Morgan fingerprint density at radius 2 is 1.83 bits per heavy atom. The Labute approximate surface area is 110 Å². The second-order valence-corrected chi connectivity index (χ2v) is 6.68. The third-order valence-corrected chi connectivity index (χ3v) is 4.41. The maximum absolute atomic E-state index is 5.79. The minimum absolute atomic E-state index is 0.362. The number of hydrogen-bond donors (Lipinski definition) is 0. The molecule has 0 saturated carbocycles. The minimum atomic E-state index is 0.362. The zero-order valence-electron chi connectivity index (χ0n) is 11.6. The molecule has 0 radical (unpaired) electrons. The summed E-state index contributed by atoms with van der Waals surface area (Å²) in [6, 6.07) is 12.6. The first-order valence-electron chi connectivity index (χ1n) is 6.97. The molecule has 1 aromatic carbocycles. The van der Waals surface area contributed by atoms with Crippen molar-refractivity contribution in [2.75, 3.05) is 13.2 Å². The van der Waals surface area contributed by atoms with Gasteiger partial charge in [-0.05, 0) is 17.4 Å². The Balaban J connectivity index is 1.86. The summed E-state index contributed by atoms with van der Waals surface area (Å²) in [4.78, 5) is 2.69. The molecule has 98 valence electrons. The first kappa shape index (κ1) is 12.2. The lowest BCUT2D eigenvalue weighted by molar-refractivity contribution is -0.161. The molecule has 0 aliphatic carbocycles. The summed E-state index contributed by atoms with van der Waals surface area (Å²) >= 11 is 0. The van der Waals surface area contributed by atoms with Crippen LogP contribution in [-0.2, 0) is 4.74 Å². The molecular formula is C16H23NO. The van der Waals surface area contributed by atoms with Crippen molar-refractivity contribution in [3.05, 3.63) is 35.9 Å². The van der Waals surface area contributed by atoms with Crippen molar-refractivity contribution < 1.29 is 4.74 Å². The highest BCUT2D eigenvalue weighted by atomic mass is 16.5. The van der Waals surface area contributed by atoms with E-state index in [1.807, 2.05) is 0 Å². The fourth-order valence-corrected chi connectivity index (χ4v) is 3.39. The van der Waals surface area contributed by atoms with Crippen LogP contribution in [0.1, 0.15) is 38.8 Å². The quantitative estimate of drug-likeness (QED) is 0.753. The Morgan fingerprint density at radius 1 is 1.11 bits per heavy atom. The van der Waals surface area contributed by atoms with Crippen LogP contribution in [0.5, 0.6) is 0 Å². The Kier molecular flexibility index (Phi) is 2.95. The molecule has 2 aliphatic rings. The van der Waals surface area contributed by atoms with Crippen molar-refractivity contribution in [1.29, 1.82) is 0 Å². The molecular weight excluding hydrogens is 222 g/mol. The maximum atomic E-state index is 5.79. The van der Waals surface area contributed by atoms with Crippen molar-refractivity contribution in [2.45, 2.75) is 45.3 Å². The smallest absolute Gasteiger partial charge is 0.0664 e. The first-order chi connectivity index (χ1) is 8.57. The maximum Gasteiger partial charge on any atom is 0.0664 e. The SMILES string of the molecule is CC(C)(C)[C@H]1C[C@H]2COC[C@@H](c3ccccc3)N21. The van der Waals surface area contributed by atoms with Crippen LogP contribution < -0.4 is 0 Å². The summed E-state index contributed by atoms with van der Waals surface area (Å²) in [5.41, 5.74) is 1.76. The second-order valence-electron chi connectivity index (χ2n) is 6.68. The molecule has 2 aliphatic heterocycles. The van der Waals surface area contributed by atoms with Crippen LogP contribution in [0.4, 0.5) is 0 Å². The highest BCUT2D eigenvalue weighted by Crippen LogP contribution is 2.45. The van der Waals surface area contributed by atoms with Crippen molar-refractivity contribution >= 4 is 0 Å². The van der Waals surface area contributed by atoms with E-state index in [2.05, 4.69) is 56.0 Å². The molecule has 18 heavy (non-hydrogen) atoms. The van der Waals surface area contributed by atoms with Gasteiger partial charge in [0.15, 0.2) is 0 Å². The Morgan fingerprint density at radius 3 is 2.50 bits per heavy atom. The number of nitrogens with zero attached hydrogens (tertiary/aromatic N) is 1. The second kappa shape index (κ2) is 4.36. The lowest BCUT2D eigenvalue weighted by atomic mass is 9.73. The van der Waals surface area contributed by atoms with E-state index in [0.29, 0.717) is 23.5 Å². The summed E-state index contributed by atoms with van der Waals surface area (Å²) in [7, 11) is 0. The third kappa shape index (κ3) is 1.98. The summed E-state index contributed by atoms with van der Waals surface area (Å²) in [5, 5.41) is 0. The number of ether oxygens (including phenoxy) is 1. The van der Waals surface area contributed by atoms with Gasteiger partial charge in [0.25, 0.3) is 0 Å². The van der Waals surface area contributed by atoms with E-state index in [-0.39, 0.29) is 0 Å². The zero-order chi connectivity index (χ0) is 12.8. The fourth-order valence-electron chi connectivity index (χ4n) is 3.39. The topological polar surface area (TPSA) is 12.5 Å². The predicted octanol–water partition coefficient (Wildman–Crippen LogP) is 3.25. The van der Waals surface area contributed by atoms with Gasteiger partial charge in [-0.2, -0.15) is 0 Å². The summed E-state index contributed by atoms with van der Waals surface area (Å²) < 4.78 is 5.79. The molecule has 2 heterocycles. The number of fused-ring (bicyclic) bond motifs is 1. The molecule has 0 spiro atoms. The molecule has 3 atom stereocenters. The number of morpholine rings is 1. The van der Waals surface area contributed by atoms with Gasteiger partial charge in [0, 0.05) is 12.1 Å². The van der Waals surface area contributed by atoms with Crippen LogP contribution in [-0.4, -0.2) is 30.2 Å². The summed E-state index contributed by atoms with van der Waals surface area (Å²) in [5.74, 6) is 0. The van der Waals surface area contributed by atoms with E-state index < -0.39 is 0 Å². The molecule has 0 N–H and O–H groups in total. The third-order valence-electron chi connectivity index (χ3n) is 4.41. The summed E-state index contributed by atoms with van der Waals surface area (Å²) in [6.07, 6.45) is 1.28. The molecule has 2 nitrogen and oxygen atoms in total. The summed E-state index contributed by atoms with van der Waals surface area (Å²) in [6.45, 7) is 8.81. The highest BCUT2D eigenvalue weighted by molar-refractivity contribution is 5.22. The largest absolute Gasteiger partial charge is 0.378 e. The van der Waals surface area contributed by atoms with E-state index >= 15 is 0 Å². The van der Waals surface area contributed by atoms with Gasteiger partial charge in [0.1, 0.15) is 0 Å². The molecule has 0 aromatic heterocycles. The van der Waals surface area contributed by atoms with Crippen LogP contribution in [0.25, 0.3) is 0 Å². The van der Waals surface area contributed by atoms with Gasteiger partial charge in [-0.15, -0.1) is 0 Å². The number of benzene rings is 1. The van der Waals surface area contributed by atoms with E-state index in [1.165, 1.54) is 12.0 Å².